The molecule has 0 aliphatic rings. The predicted molar refractivity (Wildman–Crippen MR) is 121 cm³/mol. The number of nitrogens with one attached hydrogen (secondary N) is 1. The Morgan fingerprint density at radius 3 is 2.50 bits per heavy atom. The van der Waals surface area contributed by atoms with E-state index in [2.05, 4.69) is 5.32 Å². The molecule has 3 rings (SSSR count). The van der Waals surface area contributed by atoms with E-state index in [9.17, 15) is 24.5 Å². The topological polar surface area (TPSA) is 147 Å². The molecule has 0 unspecified atom stereocenters. The Bertz CT molecular complexity index is 1280. The number of nitro groups is 1. The van der Waals surface area contributed by atoms with Crippen molar-refractivity contribution in [2.24, 2.45) is 0 Å². The van der Waals surface area contributed by atoms with Crippen molar-refractivity contribution in [2.45, 2.75) is 13.5 Å². The van der Waals surface area contributed by atoms with Crippen LogP contribution < -0.4 is 10.1 Å². The summed E-state index contributed by atoms with van der Waals surface area (Å²) in [4.78, 5) is 47.4. The van der Waals surface area contributed by atoms with E-state index in [0.717, 1.165) is 11.3 Å². The van der Waals surface area contributed by atoms with Gasteiger partial charge in [-0.25, -0.2) is 9.59 Å². The second kappa shape index (κ2) is 10.4. The van der Waals surface area contributed by atoms with Crippen LogP contribution in [0.3, 0.4) is 0 Å². The molecule has 0 radical (unpaired) electrons. The lowest BCUT2D eigenvalue weighted by molar-refractivity contribution is -0.384. The summed E-state index contributed by atoms with van der Waals surface area (Å²) < 4.78 is 20.4. The quantitative estimate of drug-likeness (QED) is 0.261. The Morgan fingerprint density at radius 2 is 1.85 bits per heavy atom. The highest BCUT2D eigenvalue weighted by Gasteiger charge is 2.27. The highest BCUT2D eigenvalue weighted by atomic mass is 35.5. The average Bonchev–Trinajstić information content (AvgIpc) is 3.42. The van der Waals surface area contributed by atoms with Crippen LogP contribution in [0.5, 0.6) is 5.75 Å². The van der Waals surface area contributed by atoms with Gasteiger partial charge < -0.3 is 23.9 Å². The van der Waals surface area contributed by atoms with Crippen LogP contribution in [0.15, 0.2) is 34.7 Å². The van der Waals surface area contributed by atoms with E-state index >= 15 is 0 Å². The maximum Gasteiger partial charge on any atom is 0.348 e. The van der Waals surface area contributed by atoms with Crippen molar-refractivity contribution >= 4 is 51.5 Å². The van der Waals surface area contributed by atoms with Gasteiger partial charge in [0.05, 0.1) is 35.8 Å². The van der Waals surface area contributed by atoms with Crippen molar-refractivity contribution < 1.29 is 37.9 Å². The molecular weight excluding hydrogens is 492 g/mol. The third-order valence-corrected chi connectivity index (χ3v) is 6.01. The molecule has 34 heavy (non-hydrogen) atoms. The minimum Gasteiger partial charge on any atom is -0.484 e. The average molecular weight is 509 g/mol. The third-order valence-electron chi connectivity index (χ3n) is 4.52. The van der Waals surface area contributed by atoms with Gasteiger partial charge in [-0.3, -0.25) is 14.9 Å². The zero-order chi connectivity index (χ0) is 25.0. The highest BCUT2D eigenvalue weighted by Crippen LogP contribution is 2.35. The molecule has 11 nitrogen and oxygen atoms in total. The second-order valence-corrected chi connectivity index (χ2v) is 8.05. The summed E-state index contributed by atoms with van der Waals surface area (Å²) in [6.45, 7) is 1.37. The fourth-order valence-corrected chi connectivity index (χ4v) is 4.12. The number of hydrogen-bond donors (Lipinski definition) is 1. The van der Waals surface area contributed by atoms with Crippen molar-refractivity contribution in [3.63, 3.8) is 0 Å². The molecule has 13 heteroatoms. The number of furan rings is 1. The third kappa shape index (κ3) is 5.18. The molecule has 0 aliphatic heterocycles. The van der Waals surface area contributed by atoms with Gasteiger partial charge in [0.15, 0.2) is 5.76 Å². The molecule has 1 aromatic carbocycles. The first-order valence-electron chi connectivity index (χ1n) is 9.43. The van der Waals surface area contributed by atoms with Gasteiger partial charge in [-0.1, -0.05) is 11.6 Å². The Balaban J connectivity index is 1.76. The molecule has 178 valence electrons. The number of amides is 1. The van der Waals surface area contributed by atoms with E-state index < -0.39 is 22.8 Å². The maximum atomic E-state index is 12.7. The number of halogens is 1. The monoisotopic (exact) mass is 508 g/mol. The van der Waals surface area contributed by atoms with E-state index in [0.29, 0.717) is 5.56 Å². The number of non-ortho nitro benzene ring substituents is 1. The molecule has 0 saturated carbocycles. The van der Waals surface area contributed by atoms with Crippen molar-refractivity contribution in [3.05, 3.63) is 73.0 Å². The maximum absolute atomic E-state index is 12.7. The van der Waals surface area contributed by atoms with E-state index in [1.54, 1.807) is 0 Å². The molecule has 2 aromatic heterocycles. The van der Waals surface area contributed by atoms with E-state index in [1.807, 2.05) is 0 Å². The van der Waals surface area contributed by atoms with Crippen LogP contribution in [0.1, 0.15) is 41.9 Å². The van der Waals surface area contributed by atoms with Gasteiger partial charge in [0.25, 0.3) is 11.6 Å². The summed E-state index contributed by atoms with van der Waals surface area (Å²) in [6.07, 6.45) is 0. The first kappa shape index (κ1) is 24.7. The van der Waals surface area contributed by atoms with Gasteiger partial charge in [-0.2, -0.15) is 0 Å². The molecule has 3 aromatic rings. The van der Waals surface area contributed by atoms with E-state index in [1.165, 1.54) is 51.5 Å². The molecule has 0 fully saturated rings. The summed E-state index contributed by atoms with van der Waals surface area (Å²) in [5.74, 6) is -1.89. The Hall–Kier alpha value is -3.90. The Morgan fingerprint density at radius 1 is 1.15 bits per heavy atom. The fourth-order valence-electron chi connectivity index (χ4n) is 2.84. The standard InChI is InChI=1S/C21H17ClN2O9S/c1-10-16(20(26)30-2)19(34-17(10)21(27)31-3)23-18(25)14-7-5-12(33-14)9-32-15-8-11(24(28)29)4-6-13(15)22/h4-8H,9H2,1-3H3,(H,23,25). The summed E-state index contributed by atoms with van der Waals surface area (Å²) in [6, 6.07) is 6.60. The molecule has 0 bridgehead atoms. The first-order chi connectivity index (χ1) is 16.2. The lowest BCUT2D eigenvalue weighted by Crippen LogP contribution is -2.13. The van der Waals surface area contributed by atoms with Gasteiger partial charge >= 0.3 is 11.9 Å². The molecule has 1 amide bonds. The molecule has 0 spiro atoms. The van der Waals surface area contributed by atoms with Crippen molar-refractivity contribution in [1.29, 1.82) is 0 Å². The molecular formula is C21H17ClN2O9S. The van der Waals surface area contributed by atoms with E-state index in [-0.39, 0.29) is 50.0 Å². The zero-order valence-electron chi connectivity index (χ0n) is 18.0. The van der Waals surface area contributed by atoms with Crippen LogP contribution in [0.25, 0.3) is 0 Å². The number of nitrogens with zero attached hydrogens (tertiary/aromatic N) is 1. The lowest BCUT2D eigenvalue weighted by Gasteiger charge is -2.06. The summed E-state index contributed by atoms with van der Waals surface area (Å²) in [5, 5.41) is 13.7. The molecule has 0 atom stereocenters. The number of methoxy groups -OCH3 is 2. The number of hydrogen-bond acceptors (Lipinski definition) is 10. The van der Waals surface area contributed by atoms with Gasteiger partial charge in [-0.15, -0.1) is 11.3 Å². The van der Waals surface area contributed by atoms with Crippen molar-refractivity contribution in [3.8, 4) is 5.75 Å². The van der Waals surface area contributed by atoms with Crippen LogP contribution >= 0.6 is 22.9 Å². The number of benzene rings is 1. The predicted octanol–water partition coefficient (Wildman–Crippen LogP) is 4.62. The lowest BCUT2D eigenvalue weighted by atomic mass is 10.1. The summed E-state index contributed by atoms with van der Waals surface area (Å²) >= 11 is 6.86. The SMILES string of the molecule is COC(=O)c1sc(NC(=O)c2ccc(COc3cc([N+](=O)[O-])ccc3Cl)o2)c(C(=O)OC)c1C. The molecule has 0 saturated heterocycles. The number of carbonyl (C=O) groups excluding carboxylic acids is 3. The van der Waals surface area contributed by atoms with Crippen LogP contribution in [-0.2, 0) is 16.1 Å². The van der Waals surface area contributed by atoms with Gasteiger partial charge in [-0.05, 0) is 30.7 Å². The largest absolute Gasteiger partial charge is 0.484 e. The van der Waals surface area contributed by atoms with Gasteiger partial charge in [0.2, 0.25) is 0 Å². The minimum absolute atomic E-state index is 0.0247. The van der Waals surface area contributed by atoms with Gasteiger partial charge in [0, 0.05) is 6.07 Å². The number of thiophene rings is 1. The number of esters is 2. The molecule has 0 aliphatic carbocycles. The van der Waals surface area contributed by atoms with Crippen molar-refractivity contribution in [1.82, 2.24) is 0 Å². The minimum atomic E-state index is -0.735. The number of anilines is 1. The van der Waals surface area contributed by atoms with Crippen LogP contribution in [-0.4, -0.2) is 37.0 Å². The number of rotatable bonds is 8. The molecule has 2 heterocycles. The van der Waals surface area contributed by atoms with Crippen molar-refractivity contribution in [2.75, 3.05) is 19.5 Å². The van der Waals surface area contributed by atoms with E-state index in [4.69, 9.17) is 30.2 Å². The number of carbonyl (C=O) groups is 3. The van der Waals surface area contributed by atoms with Gasteiger partial charge in [0.1, 0.15) is 28.0 Å². The smallest absolute Gasteiger partial charge is 0.348 e. The van der Waals surface area contributed by atoms with Crippen LogP contribution in [0, 0.1) is 17.0 Å². The first-order valence-corrected chi connectivity index (χ1v) is 10.6. The summed E-state index contributed by atoms with van der Waals surface area (Å²) in [7, 11) is 2.38. The Kier molecular flexibility index (Phi) is 7.54. The summed E-state index contributed by atoms with van der Waals surface area (Å²) in [5.41, 5.74) is 0.135. The zero-order valence-corrected chi connectivity index (χ0v) is 19.6. The number of nitro benzene ring substituents is 1. The fraction of sp³-hybridized carbons (Fsp3) is 0.190. The number of ether oxygens (including phenoxy) is 3. The normalized spacial score (nSPS) is 10.5. The molecule has 1 N–H and O–H groups in total. The Labute approximate surface area is 201 Å². The van der Waals surface area contributed by atoms with Crippen LogP contribution in [0.2, 0.25) is 5.02 Å². The second-order valence-electron chi connectivity index (χ2n) is 6.62. The highest BCUT2D eigenvalue weighted by molar-refractivity contribution is 7.18. The van der Waals surface area contributed by atoms with Crippen LogP contribution in [0.4, 0.5) is 10.7 Å².